The first-order valence-corrected chi connectivity index (χ1v) is 9.25. The molecule has 0 aliphatic rings. The molecule has 0 unspecified atom stereocenters. The van der Waals surface area contributed by atoms with Gasteiger partial charge in [0.1, 0.15) is 17.3 Å². The Morgan fingerprint density at radius 3 is 2.64 bits per heavy atom. The van der Waals surface area contributed by atoms with E-state index in [1.165, 1.54) is 0 Å². The van der Waals surface area contributed by atoms with Crippen LogP contribution in [0.4, 0.5) is 5.82 Å². The number of aromatic nitrogens is 2. The largest absolute Gasteiger partial charge is 0.467 e. The molecular formula is C21H25N5O2. The molecule has 2 aromatic heterocycles. The quantitative estimate of drug-likeness (QED) is 0.556. The lowest BCUT2D eigenvalue weighted by molar-refractivity contribution is 0.0943. The van der Waals surface area contributed by atoms with E-state index < -0.39 is 0 Å². The highest BCUT2D eigenvalue weighted by atomic mass is 16.3. The van der Waals surface area contributed by atoms with E-state index in [-0.39, 0.29) is 5.91 Å². The predicted octanol–water partition coefficient (Wildman–Crippen LogP) is 3.03. The summed E-state index contributed by atoms with van der Waals surface area (Å²) in [7, 11) is 4.08. The lowest BCUT2D eigenvalue weighted by Crippen LogP contribution is -2.24. The smallest absolute Gasteiger partial charge is 0.270 e. The molecule has 0 saturated carbocycles. The van der Waals surface area contributed by atoms with E-state index in [0.717, 1.165) is 25.1 Å². The maximum Gasteiger partial charge on any atom is 0.270 e. The summed E-state index contributed by atoms with van der Waals surface area (Å²) in [6.07, 6.45) is 2.55. The molecule has 3 rings (SSSR count). The predicted molar refractivity (Wildman–Crippen MR) is 109 cm³/mol. The molecular weight excluding hydrogens is 354 g/mol. The lowest BCUT2D eigenvalue weighted by Gasteiger charge is -2.12. The van der Waals surface area contributed by atoms with Crippen LogP contribution in [0.2, 0.25) is 0 Å². The monoisotopic (exact) mass is 379 g/mol. The van der Waals surface area contributed by atoms with Crippen molar-refractivity contribution in [2.45, 2.75) is 13.0 Å². The van der Waals surface area contributed by atoms with Gasteiger partial charge < -0.3 is 20.0 Å². The summed E-state index contributed by atoms with van der Waals surface area (Å²) in [6.45, 7) is 2.04. The van der Waals surface area contributed by atoms with Gasteiger partial charge in [0.05, 0.1) is 12.8 Å². The molecule has 0 atom stereocenters. The standard InChI is InChI=1S/C21H25N5O2/c1-26(2)12-7-11-22-19-14-18(21(27)23-15-17-10-6-13-28-17)24-20(25-19)16-8-4-3-5-9-16/h3-6,8-10,13-14H,7,11-12,15H2,1-2H3,(H,23,27)(H,22,24,25). The highest BCUT2D eigenvalue weighted by Crippen LogP contribution is 2.18. The van der Waals surface area contributed by atoms with Crippen molar-refractivity contribution in [1.82, 2.24) is 20.2 Å². The van der Waals surface area contributed by atoms with Crippen molar-refractivity contribution in [3.05, 3.63) is 66.2 Å². The molecule has 2 heterocycles. The number of carbonyl (C=O) groups is 1. The molecule has 0 saturated heterocycles. The number of amides is 1. The fourth-order valence-corrected chi connectivity index (χ4v) is 2.65. The first-order valence-electron chi connectivity index (χ1n) is 9.25. The van der Waals surface area contributed by atoms with E-state index in [2.05, 4.69) is 25.5 Å². The number of anilines is 1. The van der Waals surface area contributed by atoms with Crippen molar-refractivity contribution < 1.29 is 9.21 Å². The molecule has 28 heavy (non-hydrogen) atoms. The Kier molecular flexibility index (Phi) is 6.75. The van der Waals surface area contributed by atoms with Crippen LogP contribution in [0.15, 0.2) is 59.2 Å². The van der Waals surface area contributed by atoms with Gasteiger partial charge in [-0.2, -0.15) is 0 Å². The van der Waals surface area contributed by atoms with Crippen LogP contribution in [0.25, 0.3) is 11.4 Å². The van der Waals surface area contributed by atoms with Gasteiger partial charge in [0.15, 0.2) is 5.82 Å². The summed E-state index contributed by atoms with van der Waals surface area (Å²) in [5.74, 6) is 1.57. The Hall–Kier alpha value is -3.19. The van der Waals surface area contributed by atoms with Crippen LogP contribution in [0, 0.1) is 0 Å². The van der Waals surface area contributed by atoms with Crippen molar-refractivity contribution in [1.29, 1.82) is 0 Å². The van der Waals surface area contributed by atoms with Gasteiger partial charge in [-0.15, -0.1) is 0 Å². The number of rotatable bonds is 9. The third-order valence-corrected chi connectivity index (χ3v) is 4.08. The second-order valence-electron chi connectivity index (χ2n) is 6.67. The lowest BCUT2D eigenvalue weighted by atomic mass is 10.2. The van der Waals surface area contributed by atoms with Gasteiger partial charge in [0.25, 0.3) is 5.91 Å². The molecule has 0 bridgehead atoms. The van der Waals surface area contributed by atoms with Crippen LogP contribution in [0.3, 0.4) is 0 Å². The van der Waals surface area contributed by atoms with E-state index >= 15 is 0 Å². The van der Waals surface area contributed by atoms with E-state index in [1.807, 2.05) is 50.5 Å². The number of hydrogen-bond acceptors (Lipinski definition) is 6. The van der Waals surface area contributed by atoms with Crippen molar-refractivity contribution >= 4 is 11.7 Å². The fraction of sp³-hybridized carbons (Fsp3) is 0.286. The van der Waals surface area contributed by atoms with Crippen LogP contribution in [-0.4, -0.2) is 48.0 Å². The van der Waals surface area contributed by atoms with Crippen LogP contribution in [-0.2, 0) is 6.54 Å². The first-order chi connectivity index (χ1) is 13.6. The van der Waals surface area contributed by atoms with E-state index in [9.17, 15) is 4.79 Å². The van der Waals surface area contributed by atoms with Crippen LogP contribution < -0.4 is 10.6 Å². The van der Waals surface area contributed by atoms with Gasteiger partial charge in [0, 0.05) is 18.2 Å². The van der Waals surface area contributed by atoms with Gasteiger partial charge in [0.2, 0.25) is 0 Å². The third kappa shape index (κ3) is 5.65. The topological polar surface area (TPSA) is 83.3 Å². The average Bonchev–Trinajstić information content (AvgIpc) is 3.23. The summed E-state index contributed by atoms with van der Waals surface area (Å²) in [4.78, 5) is 23.8. The van der Waals surface area contributed by atoms with Crippen molar-refractivity contribution in [3.8, 4) is 11.4 Å². The normalized spacial score (nSPS) is 10.8. The average molecular weight is 379 g/mol. The van der Waals surface area contributed by atoms with Gasteiger partial charge >= 0.3 is 0 Å². The Morgan fingerprint density at radius 2 is 1.93 bits per heavy atom. The molecule has 146 valence electrons. The minimum absolute atomic E-state index is 0.271. The molecule has 0 aliphatic heterocycles. The number of carbonyl (C=O) groups excluding carboxylic acids is 1. The molecule has 7 heteroatoms. The number of benzene rings is 1. The molecule has 7 nitrogen and oxygen atoms in total. The Bertz CT molecular complexity index is 879. The van der Waals surface area contributed by atoms with Gasteiger partial charge in [-0.05, 0) is 39.2 Å². The highest BCUT2D eigenvalue weighted by molar-refractivity contribution is 5.93. The molecule has 1 aromatic carbocycles. The summed E-state index contributed by atoms with van der Waals surface area (Å²) >= 11 is 0. The van der Waals surface area contributed by atoms with Crippen LogP contribution in [0.1, 0.15) is 22.7 Å². The maximum absolute atomic E-state index is 12.6. The maximum atomic E-state index is 12.6. The van der Waals surface area contributed by atoms with E-state index in [1.54, 1.807) is 18.4 Å². The molecule has 0 spiro atoms. The Morgan fingerprint density at radius 1 is 1.11 bits per heavy atom. The minimum Gasteiger partial charge on any atom is -0.467 e. The number of nitrogens with zero attached hydrogens (tertiary/aromatic N) is 3. The summed E-state index contributed by atoms with van der Waals surface area (Å²) < 4.78 is 5.26. The minimum atomic E-state index is -0.271. The zero-order chi connectivity index (χ0) is 19.8. The van der Waals surface area contributed by atoms with Crippen LogP contribution >= 0.6 is 0 Å². The highest BCUT2D eigenvalue weighted by Gasteiger charge is 2.13. The zero-order valence-electron chi connectivity index (χ0n) is 16.2. The molecule has 0 fully saturated rings. The molecule has 0 radical (unpaired) electrons. The summed E-state index contributed by atoms with van der Waals surface area (Å²) in [6, 6.07) is 14.9. The van der Waals surface area contributed by atoms with Gasteiger partial charge in [-0.3, -0.25) is 4.79 Å². The molecule has 2 N–H and O–H groups in total. The second kappa shape index (κ2) is 9.66. The SMILES string of the molecule is CN(C)CCCNc1cc(C(=O)NCc2ccco2)nc(-c2ccccc2)n1. The Labute approximate surface area is 164 Å². The van der Waals surface area contributed by atoms with Gasteiger partial charge in [-0.25, -0.2) is 9.97 Å². The molecule has 0 aliphatic carbocycles. The zero-order valence-corrected chi connectivity index (χ0v) is 16.2. The molecule has 3 aromatic rings. The first kappa shape index (κ1) is 19.6. The summed E-state index contributed by atoms with van der Waals surface area (Å²) in [5, 5.41) is 6.13. The van der Waals surface area contributed by atoms with Crippen molar-refractivity contribution in [2.24, 2.45) is 0 Å². The molecule has 1 amide bonds. The Balaban J connectivity index is 1.77. The van der Waals surface area contributed by atoms with Gasteiger partial charge in [-0.1, -0.05) is 30.3 Å². The fourth-order valence-electron chi connectivity index (χ4n) is 2.65. The number of hydrogen-bond donors (Lipinski definition) is 2. The van der Waals surface area contributed by atoms with Crippen molar-refractivity contribution in [2.75, 3.05) is 32.5 Å². The number of furan rings is 1. The van der Waals surface area contributed by atoms with Crippen LogP contribution in [0.5, 0.6) is 0 Å². The van der Waals surface area contributed by atoms with Crippen molar-refractivity contribution in [3.63, 3.8) is 0 Å². The second-order valence-corrected chi connectivity index (χ2v) is 6.67. The van der Waals surface area contributed by atoms with E-state index in [0.29, 0.717) is 29.6 Å². The van der Waals surface area contributed by atoms with E-state index in [4.69, 9.17) is 4.42 Å². The third-order valence-electron chi connectivity index (χ3n) is 4.08. The summed E-state index contributed by atoms with van der Waals surface area (Å²) in [5.41, 5.74) is 1.18. The number of nitrogens with one attached hydrogen (secondary N) is 2.